The fourth-order valence-electron chi connectivity index (χ4n) is 2.20. The molecule has 2 amide bonds. The van der Waals surface area contributed by atoms with Gasteiger partial charge in [0.05, 0.1) is 0 Å². The first-order valence-electron chi connectivity index (χ1n) is 6.71. The molecule has 1 heterocycles. The van der Waals surface area contributed by atoms with Gasteiger partial charge in [-0.3, -0.25) is 9.59 Å². The minimum atomic E-state index is 0.0308. The van der Waals surface area contributed by atoms with Crippen molar-refractivity contribution in [3.05, 3.63) is 0 Å². The van der Waals surface area contributed by atoms with E-state index in [-0.39, 0.29) is 11.8 Å². The zero-order valence-electron chi connectivity index (χ0n) is 11.1. The SMILES string of the molecule is CC(=O)NCC1CCN(C(=O)CCCCBr)CC1. The van der Waals surface area contributed by atoms with Gasteiger partial charge in [-0.2, -0.15) is 0 Å². The van der Waals surface area contributed by atoms with Crippen molar-refractivity contribution >= 4 is 27.7 Å². The second-order valence-electron chi connectivity index (χ2n) is 4.91. The van der Waals surface area contributed by atoms with Crippen LogP contribution in [-0.4, -0.2) is 41.7 Å². The largest absolute Gasteiger partial charge is 0.356 e. The summed E-state index contributed by atoms with van der Waals surface area (Å²) in [7, 11) is 0. The summed E-state index contributed by atoms with van der Waals surface area (Å²) in [5, 5.41) is 3.82. The lowest BCUT2D eigenvalue weighted by Crippen LogP contribution is -2.41. The van der Waals surface area contributed by atoms with Gasteiger partial charge < -0.3 is 10.2 Å². The summed E-state index contributed by atoms with van der Waals surface area (Å²) < 4.78 is 0. The highest BCUT2D eigenvalue weighted by molar-refractivity contribution is 9.09. The van der Waals surface area contributed by atoms with Gasteiger partial charge in [-0.15, -0.1) is 0 Å². The number of carbonyl (C=O) groups is 2. The molecule has 0 radical (unpaired) electrons. The average Bonchev–Trinajstić information content (AvgIpc) is 2.37. The van der Waals surface area contributed by atoms with Gasteiger partial charge in [0.1, 0.15) is 0 Å². The molecule has 1 saturated heterocycles. The molecular weight excluding hydrogens is 296 g/mol. The Hall–Kier alpha value is -0.580. The predicted octanol–water partition coefficient (Wildman–Crippen LogP) is 1.93. The fourth-order valence-corrected chi connectivity index (χ4v) is 2.60. The Bertz CT molecular complexity index is 276. The zero-order chi connectivity index (χ0) is 13.4. The molecule has 1 aliphatic heterocycles. The number of unbranched alkanes of at least 4 members (excludes halogenated alkanes) is 1. The number of hydrogen-bond acceptors (Lipinski definition) is 2. The molecule has 0 saturated carbocycles. The Balaban J connectivity index is 2.17. The van der Waals surface area contributed by atoms with Crippen LogP contribution in [0.15, 0.2) is 0 Å². The minimum Gasteiger partial charge on any atom is -0.356 e. The molecule has 0 bridgehead atoms. The van der Waals surface area contributed by atoms with Gasteiger partial charge in [0.25, 0.3) is 0 Å². The second kappa shape index (κ2) is 8.51. The second-order valence-corrected chi connectivity index (χ2v) is 5.70. The lowest BCUT2D eigenvalue weighted by atomic mass is 9.96. The van der Waals surface area contributed by atoms with Crippen molar-refractivity contribution in [2.75, 3.05) is 25.0 Å². The van der Waals surface area contributed by atoms with E-state index in [0.29, 0.717) is 12.3 Å². The number of alkyl halides is 1. The van der Waals surface area contributed by atoms with E-state index in [1.165, 1.54) is 0 Å². The van der Waals surface area contributed by atoms with E-state index in [4.69, 9.17) is 0 Å². The standard InChI is InChI=1S/C13H23BrN2O2/c1-11(17)15-10-12-5-8-16(9-6-12)13(18)4-2-3-7-14/h12H,2-10H2,1H3,(H,15,17). The highest BCUT2D eigenvalue weighted by Gasteiger charge is 2.22. The Morgan fingerprint density at radius 1 is 1.28 bits per heavy atom. The maximum atomic E-state index is 11.9. The molecule has 0 aliphatic carbocycles. The maximum absolute atomic E-state index is 11.9. The Morgan fingerprint density at radius 2 is 1.94 bits per heavy atom. The summed E-state index contributed by atoms with van der Waals surface area (Å²) in [5.74, 6) is 0.845. The summed E-state index contributed by atoms with van der Waals surface area (Å²) in [6.07, 6.45) is 4.71. The molecule has 1 rings (SSSR count). The Kier molecular flexibility index (Phi) is 7.32. The molecule has 5 heteroatoms. The molecule has 0 unspecified atom stereocenters. The van der Waals surface area contributed by atoms with Crippen molar-refractivity contribution in [1.29, 1.82) is 0 Å². The third kappa shape index (κ3) is 5.85. The van der Waals surface area contributed by atoms with Crippen LogP contribution in [0, 0.1) is 5.92 Å². The Morgan fingerprint density at radius 3 is 2.50 bits per heavy atom. The number of hydrogen-bond donors (Lipinski definition) is 1. The first-order chi connectivity index (χ1) is 8.63. The summed E-state index contributed by atoms with van der Waals surface area (Å²) in [4.78, 5) is 24.7. The van der Waals surface area contributed by atoms with Gasteiger partial charge in [-0.1, -0.05) is 15.9 Å². The predicted molar refractivity (Wildman–Crippen MR) is 75.6 cm³/mol. The number of nitrogens with one attached hydrogen (secondary N) is 1. The lowest BCUT2D eigenvalue weighted by molar-refractivity contribution is -0.132. The topological polar surface area (TPSA) is 49.4 Å². The normalized spacial score (nSPS) is 16.7. The minimum absolute atomic E-state index is 0.0308. The Labute approximate surface area is 118 Å². The third-order valence-electron chi connectivity index (χ3n) is 3.38. The van der Waals surface area contributed by atoms with Crippen LogP contribution >= 0.6 is 15.9 Å². The van der Waals surface area contributed by atoms with Gasteiger partial charge >= 0.3 is 0 Å². The summed E-state index contributed by atoms with van der Waals surface area (Å²) >= 11 is 3.37. The quantitative estimate of drug-likeness (QED) is 0.601. The van der Waals surface area contributed by atoms with Gasteiger partial charge in [0, 0.05) is 38.3 Å². The van der Waals surface area contributed by atoms with Crippen molar-refractivity contribution in [1.82, 2.24) is 10.2 Å². The van der Waals surface area contributed by atoms with Crippen LogP contribution < -0.4 is 5.32 Å². The maximum Gasteiger partial charge on any atom is 0.222 e. The smallest absolute Gasteiger partial charge is 0.222 e. The van der Waals surface area contributed by atoms with Crippen molar-refractivity contribution < 1.29 is 9.59 Å². The van der Waals surface area contributed by atoms with Crippen molar-refractivity contribution in [3.63, 3.8) is 0 Å². The van der Waals surface area contributed by atoms with Crippen LogP contribution in [0.25, 0.3) is 0 Å². The summed E-state index contributed by atoms with van der Waals surface area (Å²) in [5.41, 5.74) is 0. The monoisotopic (exact) mass is 318 g/mol. The van der Waals surface area contributed by atoms with Crippen LogP contribution in [0.1, 0.15) is 39.0 Å². The van der Waals surface area contributed by atoms with Crippen molar-refractivity contribution in [2.24, 2.45) is 5.92 Å². The lowest BCUT2D eigenvalue weighted by Gasteiger charge is -2.32. The number of carbonyl (C=O) groups excluding carboxylic acids is 2. The number of rotatable bonds is 6. The molecule has 0 spiro atoms. The molecule has 18 heavy (non-hydrogen) atoms. The van der Waals surface area contributed by atoms with E-state index in [1.54, 1.807) is 6.92 Å². The molecule has 104 valence electrons. The van der Waals surface area contributed by atoms with Crippen LogP contribution in [-0.2, 0) is 9.59 Å². The van der Waals surface area contributed by atoms with Crippen molar-refractivity contribution in [2.45, 2.75) is 39.0 Å². The van der Waals surface area contributed by atoms with Crippen LogP contribution in [0.5, 0.6) is 0 Å². The van der Waals surface area contributed by atoms with Crippen LogP contribution in [0.3, 0.4) is 0 Å². The van der Waals surface area contributed by atoms with Crippen LogP contribution in [0.2, 0.25) is 0 Å². The molecule has 1 N–H and O–H groups in total. The van der Waals surface area contributed by atoms with E-state index >= 15 is 0 Å². The zero-order valence-corrected chi connectivity index (χ0v) is 12.7. The average molecular weight is 319 g/mol. The first-order valence-corrected chi connectivity index (χ1v) is 7.83. The molecule has 0 aromatic rings. The molecular formula is C13H23BrN2O2. The van der Waals surface area contributed by atoms with E-state index in [9.17, 15) is 9.59 Å². The molecule has 4 nitrogen and oxygen atoms in total. The number of amides is 2. The van der Waals surface area contributed by atoms with Gasteiger partial charge in [-0.05, 0) is 31.6 Å². The van der Waals surface area contributed by atoms with Crippen LogP contribution in [0.4, 0.5) is 0 Å². The van der Waals surface area contributed by atoms with Gasteiger partial charge in [-0.25, -0.2) is 0 Å². The molecule has 0 atom stereocenters. The van der Waals surface area contributed by atoms with E-state index in [0.717, 1.165) is 50.6 Å². The highest BCUT2D eigenvalue weighted by Crippen LogP contribution is 2.17. The van der Waals surface area contributed by atoms with E-state index in [1.807, 2.05) is 4.90 Å². The fraction of sp³-hybridized carbons (Fsp3) is 0.846. The van der Waals surface area contributed by atoms with Gasteiger partial charge in [0.2, 0.25) is 11.8 Å². The van der Waals surface area contributed by atoms with E-state index < -0.39 is 0 Å². The molecule has 0 aromatic carbocycles. The number of likely N-dealkylation sites (tertiary alicyclic amines) is 1. The molecule has 1 aliphatic rings. The number of halogens is 1. The summed E-state index contributed by atoms with van der Waals surface area (Å²) in [6, 6.07) is 0. The highest BCUT2D eigenvalue weighted by atomic mass is 79.9. The molecule has 0 aromatic heterocycles. The molecule has 1 fully saturated rings. The number of piperidine rings is 1. The van der Waals surface area contributed by atoms with E-state index in [2.05, 4.69) is 21.2 Å². The number of nitrogens with zero attached hydrogens (tertiary/aromatic N) is 1. The van der Waals surface area contributed by atoms with Crippen molar-refractivity contribution in [3.8, 4) is 0 Å². The van der Waals surface area contributed by atoms with Gasteiger partial charge in [0.15, 0.2) is 0 Å². The third-order valence-corrected chi connectivity index (χ3v) is 3.94. The summed E-state index contributed by atoms with van der Waals surface area (Å²) in [6.45, 7) is 3.98. The first kappa shape index (κ1) is 15.5.